The van der Waals surface area contributed by atoms with Gasteiger partial charge in [0.25, 0.3) is 0 Å². The van der Waals surface area contributed by atoms with Crippen LogP contribution in [-0.4, -0.2) is 42.9 Å². The molecule has 2 aliphatic rings. The minimum absolute atomic E-state index is 0.0701. The number of ether oxygens (including phenoxy) is 2. The Morgan fingerprint density at radius 1 is 1.33 bits per heavy atom. The molecule has 1 aromatic rings. The fourth-order valence-electron chi connectivity index (χ4n) is 4.39. The number of benzene rings is 1. The number of dihydropyridines is 1. The van der Waals surface area contributed by atoms with Gasteiger partial charge in [-0.3, -0.25) is 9.59 Å². The molecular formula is C24H27ClFNO5S. The first kappa shape index (κ1) is 25.3. The molecule has 6 nitrogen and oxygen atoms in total. The van der Waals surface area contributed by atoms with Gasteiger partial charge in [-0.15, -0.1) is 0 Å². The Bertz CT molecular complexity index is 1040. The van der Waals surface area contributed by atoms with Crippen molar-refractivity contribution in [1.29, 1.82) is 0 Å². The SMILES string of the molecule is CCSCCOC(=O)C1=C(C)NC2=C(C(=O)C(C(=O)OC)C(C)C2)C1c1ccc(Cl)c(F)c1. The van der Waals surface area contributed by atoms with Gasteiger partial charge in [0.15, 0.2) is 5.78 Å². The molecule has 0 saturated heterocycles. The molecule has 9 heteroatoms. The van der Waals surface area contributed by atoms with Gasteiger partial charge in [-0.05, 0) is 42.7 Å². The number of halogens is 2. The molecule has 3 atom stereocenters. The summed E-state index contributed by atoms with van der Waals surface area (Å²) in [6.07, 6.45) is 0.403. The number of carbonyl (C=O) groups is 3. The van der Waals surface area contributed by atoms with E-state index in [4.69, 9.17) is 21.1 Å². The van der Waals surface area contributed by atoms with Crippen LogP contribution in [0.1, 0.15) is 38.7 Å². The van der Waals surface area contributed by atoms with Gasteiger partial charge in [0, 0.05) is 28.6 Å². The lowest BCUT2D eigenvalue weighted by Crippen LogP contribution is -2.43. The van der Waals surface area contributed by atoms with Gasteiger partial charge in [0.1, 0.15) is 18.3 Å². The highest BCUT2D eigenvalue weighted by molar-refractivity contribution is 7.99. The van der Waals surface area contributed by atoms with Crippen LogP contribution in [0.5, 0.6) is 0 Å². The maximum Gasteiger partial charge on any atom is 0.336 e. The molecule has 0 bridgehead atoms. The molecule has 1 N–H and O–H groups in total. The van der Waals surface area contributed by atoms with Crippen molar-refractivity contribution in [2.45, 2.75) is 33.1 Å². The average molecular weight is 496 g/mol. The largest absolute Gasteiger partial charge is 0.468 e. The number of ketones is 1. The van der Waals surface area contributed by atoms with Crippen LogP contribution in [0.3, 0.4) is 0 Å². The first-order valence-corrected chi connectivity index (χ1v) is 12.3. The summed E-state index contributed by atoms with van der Waals surface area (Å²) in [5, 5.41) is 3.11. The summed E-state index contributed by atoms with van der Waals surface area (Å²) in [5.41, 5.74) is 1.99. The Labute approximate surface area is 201 Å². The van der Waals surface area contributed by atoms with E-state index < -0.39 is 35.4 Å². The maximum atomic E-state index is 14.4. The third-order valence-corrected chi connectivity index (χ3v) is 7.08. The zero-order valence-electron chi connectivity index (χ0n) is 19.0. The van der Waals surface area contributed by atoms with E-state index in [9.17, 15) is 18.8 Å². The van der Waals surface area contributed by atoms with E-state index >= 15 is 0 Å². The summed E-state index contributed by atoms with van der Waals surface area (Å²) in [6.45, 7) is 5.74. The van der Waals surface area contributed by atoms with Crippen molar-refractivity contribution in [2.75, 3.05) is 25.2 Å². The molecule has 3 unspecified atom stereocenters. The molecule has 0 fully saturated rings. The van der Waals surface area contributed by atoms with Crippen LogP contribution >= 0.6 is 23.4 Å². The van der Waals surface area contributed by atoms with Gasteiger partial charge < -0.3 is 14.8 Å². The third-order valence-electron chi connectivity index (χ3n) is 5.90. The monoisotopic (exact) mass is 495 g/mol. The summed E-state index contributed by atoms with van der Waals surface area (Å²) in [5.74, 6) is -3.01. The van der Waals surface area contributed by atoms with E-state index in [0.717, 1.165) is 5.75 Å². The molecule has 1 aromatic carbocycles. The molecule has 1 aliphatic carbocycles. The summed E-state index contributed by atoms with van der Waals surface area (Å²) in [4.78, 5) is 39.2. The second-order valence-electron chi connectivity index (χ2n) is 8.04. The number of carbonyl (C=O) groups excluding carboxylic acids is 3. The molecule has 3 rings (SSSR count). The number of Topliss-reactive ketones (excluding diaryl/α,β-unsaturated/α-hetero) is 1. The van der Waals surface area contributed by atoms with E-state index in [0.29, 0.717) is 29.1 Å². The van der Waals surface area contributed by atoms with E-state index in [1.165, 1.54) is 19.2 Å². The fraction of sp³-hybridized carbons (Fsp3) is 0.458. The van der Waals surface area contributed by atoms with Crippen molar-refractivity contribution in [2.24, 2.45) is 11.8 Å². The predicted molar refractivity (Wildman–Crippen MR) is 125 cm³/mol. The summed E-state index contributed by atoms with van der Waals surface area (Å²) >= 11 is 7.52. The van der Waals surface area contributed by atoms with Crippen LogP contribution in [0, 0.1) is 17.7 Å². The Kier molecular flexibility index (Phi) is 8.23. The van der Waals surface area contributed by atoms with Crippen LogP contribution in [0.25, 0.3) is 0 Å². The first-order valence-electron chi connectivity index (χ1n) is 10.7. The van der Waals surface area contributed by atoms with Gasteiger partial charge in [-0.1, -0.05) is 31.5 Å². The lowest BCUT2D eigenvalue weighted by Gasteiger charge is -2.38. The molecule has 1 aliphatic heterocycles. The molecule has 33 heavy (non-hydrogen) atoms. The molecular weight excluding hydrogens is 469 g/mol. The zero-order valence-corrected chi connectivity index (χ0v) is 20.6. The summed E-state index contributed by atoms with van der Waals surface area (Å²) in [6, 6.07) is 4.19. The van der Waals surface area contributed by atoms with Gasteiger partial charge in [0.2, 0.25) is 0 Å². The number of rotatable bonds is 7. The number of allylic oxidation sites excluding steroid dienone is 3. The minimum Gasteiger partial charge on any atom is -0.468 e. The second-order valence-corrected chi connectivity index (χ2v) is 9.84. The van der Waals surface area contributed by atoms with Crippen molar-refractivity contribution in [3.8, 4) is 0 Å². The number of hydrogen-bond acceptors (Lipinski definition) is 7. The zero-order chi connectivity index (χ0) is 24.3. The predicted octanol–water partition coefficient (Wildman–Crippen LogP) is 4.39. The van der Waals surface area contributed by atoms with Crippen LogP contribution < -0.4 is 5.32 Å². The standard InChI is InChI=1S/C24H27ClFNO5S/c1-5-33-9-8-32-24(30)19-13(3)27-17-10-12(2)18(23(29)31-4)22(28)21(17)20(19)14-6-7-15(25)16(26)11-14/h6-7,11-12,18,20,27H,5,8-10H2,1-4H3. The van der Waals surface area contributed by atoms with Crippen molar-refractivity contribution < 1.29 is 28.2 Å². The fourth-order valence-corrected chi connectivity index (χ4v) is 5.00. The van der Waals surface area contributed by atoms with E-state index in [2.05, 4.69) is 5.32 Å². The summed E-state index contributed by atoms with van der Waals surface area (Å²) in [7, 11) is 1.23. The van der Waals surface area contributed by atoms with Crippen molar-refractivity contribution >= 4 is 41.1 Å². The topological polar surface area (TPSA) is 81.7 Å². The summed E-state index contributed by atoms with van der Waals surface area (Å²) < 4.78 is 24.8. The third kappa shape index (κ3) is 5.11. The average Bonchev–Trinajstić information content (AvgIpc) is 2.77. The molecule has 0 spiro atoms. The van der Waals surface area contributed by atoms with Gasteiger partial charge in [0.05, 0.1) is 17.7 Å². The number of hydrogen-bond donors (Lipinski definition) is 1. The normalized spacial score (nSPS) is 22.6. The quantitative estimate of drug-likeness (QED) is 0.341. The minimum atomic E-state index is -1.01. The van der Waals surface area contributed by atoms with Crippen LogP contribution in [0.2, 0.25) is 5.02 Å². The smallest absolute Gasteiger partial charge is 0.336 e. The number of methoxy groups -OCH3 is 1. The molecule has 0 radical (unpaired) electrons. The van der Waals surface area contributed by atoms with E-state index in [-0.39, 0.29) is 28.7 Å². The number of esters is 2. The molecule has 1 heterocycles. The lowest BCUT2D eigenvalue weighted by atomic mass is 9.69. The van der Waals surface area contributed by atoms with Crippen molar-refractivity contribution in [3.05, 3.63) is 57.1 Å². The Morgan fingerprint density at radius 2 is 2.06 bits per heavy atom. The Hall–Kier alpha value is -2.32. The van der Waals surface area contributed by atoms with Crippen LogP contribution in [0.15, 0.2) is 40.7 Å². The van der Waals surface area contributed by atoms with Crippen LogP contribution in [-0.2, 0) is 23.9 Å². The first-order chi connectivity index (χ1) is 15.7. The van der Waals surface area contributed by atoms with E-state index in [1.807, 2.05) is 6.92 Å². The molecule has 0 aromatic heterocycles. The van der Waals surface area contributed by atoms with Crippen molar-refractivity contribution in [3.63, 3.8) is 0 Å². The molecule has 0 saturated carbocycles. The van der Waals surface area contributed by atoms with E-state index in [1.54, 1.807) is 31.7 Å². The molecule has 0 amide bonds. The second kappa shape index (κ2) is 10.7. The lowest BCUT2D eigenvalue weighted by molar-refractivity contribution is -0.151. The number of thioether (sulfide) groups is 1. The molecule has 178 valence electrons. The highest BCUT2D eigenvalue weighted by atomic mass is 35.5. The number of nitrogens with one attached hydrogen (secondary N) is 1. The highest BCUT2D eigenvalue weighted by Crippen LogP contribution is 2.45. The maximum absolute atomic E-state index is 14.4. The van der Waals surface area contributed by atoms with Gasteiger partial charge in [-0.2, -0.15) is 11.8 Å². The Balaban J connectivity index is 2.10. The highest BCUT2D eigenvalue weighted by Gasteiger charge is 2.47. The van der Waals surface area contributed by atoms with Crippen LogP contribution in [0.4, 0.5) is 4.39 Å². The van der Waals surface area contributed by atoms with Gasteiger partial charge >= 0.3 is 11.9 Å². The van der Waals surface area contributed by atoms with Crippen molar-refractivity contribution in [1.82, 2.24) is 5.32 Å². The van der Waals surface area contributed by atoms with Gasteiger partial charge in [-0.25, -0.2) is 9.18 Å². The Morgan fingerprint density at radius 3 is 2.70 bits per heavy atom.